The van der Waals surface area contributed by atoms with Crippen molar-refractivity contribution in [1.82, 2.24) is 10.6 Å². The fourth-order valence-corrected chi connectivity index (χ4v) is 2.53. The van der Waals surface area contributed by atoms with Crippen LogP contribution in [-0.2, 0) is 4.79 Å². The van der Waals surface area contributed by atoms with E-state index in [4.69, 9.17) is 0 Å². The van der Waals surface area contributed by atoms with Crippen LogP contribution in [0.5, 0.6) is 0 Å². The van der Waals surface area contributed by atoms with Crippen LogP contribution < -0.4 is 10.6 Å². The second-order valence-electron chi connectivity index (χ2n) is 5.83. The van der Waals surface area contributed by atoms with Gasteiger partial charge in [-0.15, -0.1) is 12.4 Å². The van der Waals surface area contributed by atoms with Crippen LogP contribution in [0, 0.1) is 13.8 Å². The first-order chi connectivity index (χ1) is 10.6. The highest BCUT2D eigenvalue weighted by Gasteiger charge is 2.12. The summed E-state index contributed by atoms with van der Waals surface area (Å²) in [5.41, 5.74) is 4.02. The van der Waals surface area contributed by atoms with Gasteiger partial charge in [-0.2, -0.15) is 0 Å². The van der Waals surface area contributed by atoms with Crippen LogP contribution in [0.15, 0.2) is 29.8 Å². The monoisotopic (exact) mass is 336 g/mol. The van der Waals surface area contributed by atoms with Gasteiger partial charge in [-0.3, -0.25) is 9.59 Å². The fourth-order valence-electron chi connectivity index (χ4n) is 2.53. The minimum Gasteiger partial charge on any atom is -0.352 e. The van der Waals surface area contributed by atoms with Gasteiger partial charge >= 0.3 is 0 Å². The van der Waals surface area contributed by atoms with E-state index >= 15 is 0 Å². The summed E-state index contributed by atoms with van der Waals surface area (Å²) in [6, 6.07) is 5.84. The van der Waals surface area contributed by atoms with E-state index < -0.39 is 0 Å². The molecule has 23 heavy (non-hydrogen) atoms. The van der Waals surface area contributed by atoms with Crippen LogP contribution in [0.2, 0.25) is 0 Å². The quantitative estimate of drug-likeness (QED) is 0.620. The molecule has 0 aromatic heterocycles. The number of rotatable bonds is 6. The van der Waals surface area contributed by atoms with Gasteiger partial charge < -0.3 is 10.6 Å². The van der Waals surface area contributed by atoms with Crippen molar-refractivity contribution < 1.29 is 9.59 Å². The van der Waals surface area contributed by atoms with Crippen LogP contribution in [0.25, 0.3) is 0 Å². The highest BCUT2D eigenvalue weighted by Crippen LogP contribution is 2.14. The molecule has 0 fully saturated rings. The molecule has 1 aromatic rings. The molecule has 0 bridgehead atoms. The predicted octanol–water partition coefficient (Wildman–Crippen LogP) is 2.72. The lowest BCUT2D eigenvalue weighted by molar-refractivity contribution is -0.120. The number of carbonyl (C=O) groups is 2. The van der Waals surface area contributed by atoms with E-state index in [1.807, 2.05) is 32.0 Å². The highest BCUT2D eigenvalue weighted by atomic mass is 35.5. The normalized spacial score (nSPS) is 13.7. The summed E-state index contributed by atoms with van der Waals surface area (Å²) < 4.78 is 0. The van der Waals surface area contributed by atoms with Crippen molar-refractivity contribution in [3.05, 3.63) is 46.5 Å². The zero-order chi connectivity index (χ0) is 15.9. The van der Waals surface area contributed by atoms with E-state index in [0.29, 0.717) is 6.54 Å². The molecule has 2 N–H and O–H groups in total. The molecule has 2 rings (SSSR count). The first-order valence-corrected chi connectivity index (χ1v) is 7.82. The molecule has 0 aliphatic carbocycles. The molecule has 1 aromatic carbocycles. The molecule has 1 aliphatic heterocycles. The Labute approximate surface area is 144 Å². The molecular weight excluding hydrogens is 312 g/mol. The van der Waals surface area contributed by atoms with Crippen molar-refractivity contribution in [1.29, 1.82) is 0 Å². The third kappa shape index (κ3) is 6.16. The van der Waals surface area contributed by atoms with Crippen molar-refractivity contribution in [2.24, 2.45) is 0 Å². The molecule has 4 nitrogen and oxygen atoms in total. The molecule has 0 spiro atoms. The first kappa shape index (κ1) is 19.4. The van der Waals surface area contributed by atoms with Crippen molar-refractivity contribution in [2.45, 2.75) is 33.1 Å². The molecule has 0 atom stereocenters. The smallest absolute Gasteiger partial charge is 0.220 e. The van der Waals surface area contributed by atoms with Gasteiger partial charge in [-0.1, -0.05) is 29.3 Å². The van der Waals surface area contributed by atoms with Gasteiger partial charge in [0.15, 0.2) is 5.78 Å². The van der Waals surface area contributed by atoms with Crippen LogP contribution in [0.4, 0.5) is 0 Å². The summed E-state index contributed by atoms with van der Waals surface area (Å²) in [7, 11) is 0. The Kier molecular flexibility index (Phi) is 8.00. The maximum atomic E-state index is 12.2. The molecule has 0 saturated carbocycles. The van der Waals surface area contributed by atoms with Gasteiger partial charge in [0.1, 0.15) is 0 Å². The summed E-state index contributed by atoms with van der Waals surface area (Å²) in [5, 5.41) is 6.13. The summed E-state index contributed by atoms with van der Waals surface area (Å²) in [4.78, 5) is 24.1. The van der Waals surface area contributed by atoms with Gasteiger partial charge in [-0.05, 0) is 38.4 Å². The number of amides is 1. The predicted molar refractivity (Wildman–Crippen MR) is 95.3 cm³/mol. The molecule has 1 amide bonds. The van der Waals surface area contributed by atoms with E-state index in [9.17, 15) is 9.59 Å². The second-order valence-corrected chi connectivity index (χ2v) is 5.83. The highest BCUT2D eigenvalue weighted by molar-refractivity contribution is 5.99. The number of Topliss-reactive ketones (excluding diaryl/α,β-unsaturated/α-hetero) is 1. The number of hydrogen-bond acceptors (Lipinski definition) is 3. The number of benzene rings is 1. The Morgan fingerprint density at radius 2 is 2.00 bits per heavy atom. The average Bonchev–Trinajstić information content (AvgIpc) is 2.54. The van der Waals surface area contributed by atoms with Crippen LogP contribution in [0.3, 0.4) is 0 Å². The fraction of sp³-hybridized carbons (Fsp3) is 0.444. The third-order valence-electron chi connectivity index (χ3n) is 3.94. The van der Waals surface area contributed by atoms with E-state index in [-0.39, 0.29) is 36.9 Å². The van der Waals surface area contributed by atoms with Crippen molar-refractivity contribution in [2.75, 3.05) is 19.6 Å². The lowest BCUT2D eigenvalue weighted by atomic mass is 9.99. The molecule has 0 saturated heterocycles. The van der Waals surface area contributed by atoms with Crippen LogP contribution in [-0.4, -0.2) is 31.3 Å². The molecular formula is C18H25ClN2O2. The first-order valence-electron chi connectivity index (χ1n) is 7.82. The maximum absolute atomic E-state index is 12.2. The summed E-state index contributed by atoms with van der Waals surface area (Å²) in [6.07, 6.45) is 3.60. The van der Waals surface area contributed by atoms with Crippen molar-refractivity contribution in [3.63, 3.8) is 0 Å². The molecule has 126 valence electrons. The summed E-state index contributed by atoms with van der Waals surface area (Å²) >= 11 is 0. The van der Waals surface area contributed by atoms with Gasteiger partial charge in [0, 0.05) is 31.5 Å². The maximum Gasteiger partial charge on any atom is 0.220 e. The Hall–Kier alpha value is -1.65. The van der Waals surface area contributed by atoms with E-state index in [0.717, 1.165) is 36.2 Å². The Bertz CT molecular complexity index is 597. The number of hydrogen-bond donors (Lipinski definition) is 2. The zero-order valence-corrected chi connectivity index (χ0v) is 14.6. The van der Waals surface area contributed by atoms with Gasteiger partial charge in [-0.25, -0.2) is 0 Å². The summed E-state index contributed by atoms with van der Waals surface area (Å²) in [6.45, 7) is 6.33. The second kappa shape index (κ2) is 9.48. The van der Waals surface area contributed by atoms with Gasteiger partial charge in [0.05, 0.1) is 0 Å². The average molecular weight is 337 g/mol. The van der Waals surface area contributed by atoms with E-state index in [2.05, 4.69) is 16.7 Å². The molecule has 5 heteroatoms. The lowest BCUT2D eigenvalue weighted by Gasteiger charge is -2.14. The Morgan fingerprint density at radius 3 is 2.70 bits per heavy atom. The molecule has 1 heterocycles. The topological polar surface area (TPSA) is 58.2 Å². The Morgan fingerprint density at radius 1 is 1.22 bits per heavy atom. The van der Waals surface area contributed by atoms with Crippen molar-refractivity contribution >= 4 is 24.1 Å². The van der Waals surface area contributed by atoms with E-state index in [1.54, 1.807) is 0 Å². The number of aryl methyl sites for hydroxylation is 2. The lowest BCUT2D eigenvalue weighted by Crippen LogP contribution is -2.29. The number of ketones is 1. The molecule has 0 radical (unpaired) electrons. The minimum absolute atomic E-state index is 0. The SMILES string of the molecule is Cc1ccc(C)c(C(=O)CCC(=O)NCC2=CCNCC2)c1.Cl. The molecule has 0 unspecified atom stereocenters. The van der Waals surface area contributed by atoms with Gasteiger partial charge in [0.2, 0.25) is 5.91 Å². The van der Waals surface area contributed by atoms with E-state index in [1.165, 1.54) is 5.57 Å². The standard InChI is InChI=1S/C18H24N2O2.ClH/c1-13-3-4-14(2)16(11-13)17(21)5-6-18(22)20-12-15-7-9-19-10-8-15;/h3-4,7,11,19H,5-6,8-10,12H2,1-2H3,(H,20,22);1H. The third-order valence-corrected chi connectivity index (χ3v) is 3.94. The largest absolute Gasteiger partial charge is 0.352 e. The number of halogens is 1. The number of carbonyl (C=O) groups excluding carboxylic acids is 2. The van der Waals surface area contributed by atoms with Crippen LogP contribution >= 0.6 is 12.4 Å². The van der Waals surface area contributed by atoms with Crippen molar-refractivity contribution in [3.8, 4) is 0 Å². The van der Waals surface area contributed by atoms with Crippen LogP contribution in [0.1, 0.15) is 40.7 Å². The van der Waals surface area contributed by atoms with Gasteiger partial charge in [0.25, 0.3) is 0 Å². The molecule has 1 aliphatic rings. The Balaban J connectivity index is 0.00000264. The summed E-state index contributed by atoms with van der Waals surface area (Å²) in [5.74, 6) is -0.0180. The zero-order valence-electron chi connectivity index (χ0n) is 13.8. The minimum atomic E-state index is -0.0573. The number of nitrogens with one attached hydrogen (secondary N) is 2.